The molecule has 0 aliphatic rings. The fourth-order valence-corrected chi connectivity index (χ4v) is 2.05. The van der Waals surface area contributed by atoms with Gasteiger partial charge < -0.3 is 9.84 Å². The second-order valence-corrected chi connectivity index (χ2v) is 6.05. The molecule has 0 spiro atoms. The molecule has 0 aromatic heterocycles. The number of thioether (sulfide) groups is 1. The molecule has 3 nitrogen and oxygen atoms in total. The number of hydrogen-bond donors (Lipinski definition) is 1. The van der Waals surface area contributed by atoms with Crippen LogP contribution in [-0.4, -0.2) is 23.9 Å². The monoisotopic (exact) mass is 282 g/mol. The second-order valence-electron chi connectivity index (χ2n) is 5.17. The molecule has 1 aromatic rings. The molecule has 0 aliphatic carbocycles. The van der Waals surface area contributed by atoms with Crippen LogP contribution in [0.2, 0.25) is 0 Å². The third-order valence-electron chi connectivity index (χ3n) is 3.10. The van der Waals surface area contributed by atoms with E-state index in [9.17, 15) is 4.79 Å². The number of aliphatic carboxylic acids is 1. The maximum Gasteiger partial charge on any atom is 0.309 e. The lowest BCUT2D eigenvalue weighted by Crippen LogP contribution is -2.23. The molecule has 0 saturated heterocycles. The van der Waals surface area contributed by atoms with Crippen LogP contribution in [0.4, 0.5) is 0 Å². The average Bonchev–Trinajstić information content (AvgIpc) is 2.38. The fraction of sp³-hybridized carbons (Fsp3) is 0.533. The zero-order valence-corrected chi connectivity index (χ0v) is 12.6. The van der Waals surface area contributed by atoms with E-state index in [1.807, 2.05) is 30.5 Å². The summed E-state index contributed by atoms with van der Waals surface area (Å²) in [6.07, 6.45) is 4.46. The SMILES string of the molecule is CSc1ccc(OCCCCC(C)(C)C(=O)O)cc1. The molecule has 106 valence electrons. The number of unbranched alkanes of at least 4 members (excludes halogenated alkanes) is 1. The van der Waals surface area contributed by atoms with E-state index in [0.717, 1.165) is 18.6 Å². The van der Waals surface area contributed by atoms with Crippen LogP contribution < -0.4 is 4.74 Å². The largest absolute Gasteiger partial charge is 0.494 e. The first-order chi connectivity index (χ1) is 8.95. The molecule has 0 radical (unpaired) electrons. The summed E-state index contributed by atoms with van der Waals surface area (Å²) in [4.78, 5) is 12.2. The van der Waals surface area contributed by atoms with Crippen LogP contribution in [0.15, 0.2) is 29.2 Å². The Morgan fingerprint density at radius 1 is 1.26 bits per heavy atom. The topological polar surface area (TPSA) is 46.5 Å². The van der Waals surface area contributed by atoms with Crippen molar-refractivity contribution in [2.45, 2.75) is 38.0 Å². The van der Waals surface area contributed by atoms with Gasteiger partial charge in [-0.25, -0.2) is 0 Å². The molecular weight excluding hydrogens is 260 g/mol. The Bertz CT molecular complexity index is 398. The zero-order chi connectivity index (χ0) is 14.3. The number of hydrogen-bond acceptors (Lipinski definition) is 3. The minimum absolute atomic E-state index is 0.633. The Labute approximate surface area is 119 Å². The molecular formula is C15H22O3S. The van der Waals surface area contributed by atoms with E-state index in [0.29, 0.717) is 13.0 Å². The summed E-state index contributed by atoms with van der Waals surface area (Å²) in [6, 6.07) is 8.00. The van der Waals surface area contributed by atoms with Gasteiger partial charge in [-0.3, -0.25) is 4.79 Å². The van der Waals surface area contributed by atoms with Crippen molar-refractivity contribution in [3.8, 4) is 5.75 Å². The third-order valence-corrected chi connectivity index (χ3v) is 3.85. The molecule has 0 atom stereocenters. The highest BCUT2D eigenvalue weighted by Gasteiger charge is 2.25. The summed E-state index contributed by atoms with van der Waals surface area (Å²) in [7, 11) is 0. The van der Waals surface area contributed by atoms with Gasteiger partial charge in [0.05, 0.1) is 12.0 Å². The average molecular weight is 282 g/mol. The lowest BCUT2D eigenvalue weighted by molar-refractivity contribution is -0.147. The second kappa shape index (κ2) is 7.43. The van der Waals surface area contributed by atoms with Gasteiger partial charge in [-0.2, -0.15) is 0 Å². The standard InChI is InChI=1S/C15H22O3S/c1-15(2,14(16)17)10-4-5-11-18-12-6-8-13(19-3)9-7-12/h6-9H,4-5,10-11H2,1-3H3,(H,16,17). The van der Waals surface area contributed by atoms with Crippen LogP contribution in [0, 0.1) is 5.41 Å². The van der Waals surface area contributed by atoms with Crippen molar-refractivity contribution in [2.24, 2.45) is 5.41 Å². The predicted molar refractivity (Wildman–Crippen MR) is 79.0 cm³/mol. The van der Waals surface area contributed by atoms with Crippen molar-refractivity contribution < 1.29 is 14.6 Å². The van der Waals surface area contributed by atoms with Crippen molar-refractivity contribution in [3.63, 3.8) is 0 Å². The number of carbonyl (C=O) groups is 1. The van der Waals surface area contributed by atoms with Crippen LogP contribution in [0.3, 0.4) is 0 Å². The Balaban J connectivity index is 2.22. The van der Waals surface area contributed by atoms with Crippen molar-refractivity contribution >= 4 is 17.7 Å². The van der Waals surface area contributed by atoms with E-state index in [4.69, 9.17) is 9.84 Å². The highest BCUT2D eigenvalue weighted by molar-refractivity contribution is 7.98. The summed E-state index contributed by atoms with van der Waals surface area (Å²) in [6.45, 7) is 4.16. The van der Waals surface area contributed by atoms with Crippen LogP contribution in [0.5, 0.6) is 5.75 Å². The summed E-state index contributed by atoms with van der Waals surface area (Å²) in [5.41, 5.74) is -0.639. The van der Waals surface area contributed by atoms with Crippen LogP contribution in [0.25, 0.3) is 0 Å². The van der Waals surface area contributed by atoms with Gasteiger partial charge in [0.2, 0.25) is 0 Å². The van der Waals surface area contributed by atoms with E-state index in [-0.39, 0.29) is 0 Å². The van der Waals surface area contributed by atoms with Crippen molar-refractivity contribution in [1.82, 2.24) is 0 Å². The maximum absolute atomic E-state index is 10.9. The molecule has 0 bridgehead atoms. The van der Waals surface area contributed by atoms with Gasteiger partial charge in [0.15, 0.2) is 0 Å². The first kappa shape index (κ1) is 15.9. The Morgan fingerprint density at radius 2 is 1.89 bits per heavy atom. The lowest BCUT2D eigenvalue weighted by Gasteiger charge is -2.18. The van der Waals surface area contributed by atoms with Gasteiger partial charge in [-0.05, 0) is 63.6 Å². The van der Waals surface area contributed by atoms with Gasteiger partial charge in [0.1, 0.15) is 5.75 Å². The van der Waals surface area contributed by atoms with Gasteiger partial charge in [-0.1, -0.05) is 0 Å². The molecule has 0 heterocycles. The van der Waals surface area contributed by atoms with E-state index < -0.39 is 11.4 Å². The van der Waals surface area contributed by atoms with Crippen molar-refractivity contribution in [3.05, 3.63) is 24.3 Å². The highest BCUT2D eigenvalue weighted by atomic mass is 32.2. The molecule has 0 unspecified atom stereocenters. The first-order valence-electron chi connectivity index (χ1n) is 6.46. The number of carboxylic acid groups (broad SMARTS) is 1. The van der Waals surface area contributed by atoms with Gasteiger partial charge in [-0.15, -0.1) is 11.8 Å². The van der Waals surface area contributed by atoms with Gasteiger partial charge in [0, 0.05) is 4.90 Å². The first-order valence-corrected chi connectivity index (χ1v) is 7.68. The molecule has 0 aliphatic heterocycles. The Hall–Kier alpha value is -1.16. The Morgan fingerprint density at radius 3 is 2.42 bits per heavy atom. The smallest absolute Gasteiger partial charge is 0.309 e. The Kier molecular flexibility index (Phi) is 6.22. The van der Waals surface area contributed by atoms with Gasteiger partial charge >= 0.3 is 5.97 Å². The quantitative estimate of drug-likeness (QED) is 0.577. The van der Waals surface area contributed by atoms with E-state index >= 15 is 0 Å². The molecule has 1 aromatic carbocycles. The molecule has 0 amide bonds. The summed E-state index contributed by atoms with van der Waals surface area (Å²) in [5, 5.41) is 8.99. The van der Waals surface area contributed by atoms with Crippen LogP contribution >= 0.6 is 11.8 Å². The number of carboxylic acids is 1. The predicted octanol–water partition coefficient (Wildman–Crippen LogP) is 4.07. The van der Waals surface area contributed by atoms with Crippen LogP contribution in [-0.2, 0) is 4.79 Å². The van der Waals surface area contributed by atoms with Crippen molar-refractivity contribution in [1.29, 1.82) is 0 Å². The highest BCUT2D eigenvalue weighted by Crippen LogP contribution is 2.23. The van der Waals surface area contributed by atoms with Crippen LogP contribution in [0.1, 0.15) is 33.1 Å². The normalized spacial score (nSPS) is 11.3. The van der Waals surface area contributed by atoms with E-state index in [1.165, 1.54) is 4.90 Å². The molecule has 4 heteroatoms. The molecule has 1 N–H and O–H groups in total. The number of benzene rings is 1. The summed E-state index contributed by atoms with van der Waals surface area (Å²) < 4.78 is 5.62. The minimum atomic E-state index is -0.735. The molecule has 1 rings (SSSR count). The third kappa shape index (κ3) is 5.55. The molecule has 0 fully saturated rings. The van der Waals surface area contributed by atoms with E-state index in [1.54, 1.807) is 25.6 Å². The molecule has 19 heavy (non-hydrogen) atoms. The van der Waals surface area contributed by atoms with E-state index in [2.05, 4.69) is 0 Å². The number of rotatable bonds is 8. The number of ether oxygens (including phenoxy) is 1. The fourth-order valence-electron chi connectivity index (χ4n) is 1.64. The minimum Gasteiger partial charge on any atom is -0.494 e. The molecule has 0 saturated carbocycles. The summed E-state index contributed by atoms with van der Waals surface area (Å²) >= 11 is 1.70. The summed E-state index contributed by atoms with van der Waals surface area (Å²) in [5.74, 6) is 0.136. The zero-order valence-electron chi connectivity index (χ0n) is 11.8. The van der Waals surface area contributed by atoms with Gasteiger partial charge in [0.25, 0.3) is 0 Å². The lowest BCUT2D eigenvalue weighted by atomic mass is 9.87. The maximum atomic E-state index is 10.9. The van der Waals surface area contributed by atoms with Crippen molar-refractivity contribution in [2.75, 3.05) is 12.9 Å².